The van der Waals surface area contributed by atoms with Crippen LogP contribution in [-0.4, -0.2) is 38.0 Å². The third kappa shape index (κ3) is 6.24. The summed E-state index contributed by atoms with van der Waals surface area (Å²) in [6.07, 6.45) is 5.97. The number of hydrogen-bond acceptors (Lipinski definition) is 4. The molecule has 6 nitrogen and oxygen atoms in total. The fourth-order valence-electron chi connectivity index (χ4n) is 7.82. The van der Waals surface area contributed by atoms with Crippen LogP contribution in [-0.2, 0) is 21.1 Å². The van der Waals surface area contributed by atoms with Crippen LogP contribution in [0.25, 0.3) is 55.8 Å². The van der Waals surface area contributed by atoms with E-state index in [0.29, 0.717) is 0 Å². The van der Waals surface area contributed by atoms with Crippen LogP contribution in [0.15, 0.2) is 182 Å². The van der Waals surface area contributed by atoms with Gasteiger partial charge in [0.2, 0.25) is 0 Å². The Kier molecular flexibility index (Phi) is 9.46. The van der Waals surface area contributed by atoms with Gasteiger partial charge in [0.1, 0.15) is 5.65 Å². The van der Waals surface area contributed by atoms with E-state index in [1.807, 2.05) is 36.5 Å². The van der Waals surface area contributed by atoms with Crippen molar-refractivity contribution in [3.63, 3.8) is 0 Å². The second-order valence-corrected chi connectivity index (χ2v) is 13.7. The Hall–Kier alpha value is -6.43. The molecule has 8 heteroatoms. The zero-order valence-corrected chi connectivity index (χ0v) is 32.7. The Morgan fingerprint density at radius 3 is 1.93 bits per heavy atom. The Bertz CT molecular complexity index is 2780. The first-order chi connectivity index (χ1) is 27.2. The van der Waals surface area contributed by atoms with Crippen molar-refractivity contribution in [2.45, 2.75) is 0 Å². The molecule has 0 radical (unpaired) electrons. The Morgan fingerprint density at radius 1 is 0.589 bits per heavy atom. The second kappa shape index (κ2) is 15.0. The molecule has 56 heavy (non-hydrogen) atoms. The van der Waals surface area contributed by atoms with Crippen LogP contribution in [0, 0.1) is 18.8 Å². The standard InChI is InChI=1S/C48H34BN6.Pt/c1-52-30-31-53(34-52)40-24-13-20-37(32-40)49(38-21-14-25-41(33-38)54-44-28-12-11-26-42(44)43-27-15-29-50-48(43)54)45-46(35-16-5-2-6-17-35)51-55(39-22-9-4-10-23-39)47(45)36-18-7-3-8-19-36;/h2-31,34H,1H3;/q-3;. The van der Waals surface area contributed by atoms with Crippen LogP contribution in [0.3, 0.4) is 0 Å². The quantitative estimate of drug-likeness (QED) is 0.114. The van der Waals surface area contributed by atoms with Crippen molar-refractivity contribution in [1.29, 1.82) is 0 Å². The smallest absolute Gasteiger partial charge is 0.197 e. The first-order valence-corrected chi connectivity index (χ1v) is 18.4. The van der Waals surface area contributed by atoms with Gasteiger partial charge in [-0.2, -0.15) is 65.2 Å². The average molecular weight is 901 g/mol. The summed E-state index contributed by atoms with van der Waals surface area (Å²) in [4.78, 5) is 9.04. The molecule has 10 rings (SSSR count). The van der Waals surface area contributed by atoms with Gasteiger partial charge in [0.05, 0.1) is 22.6 Å². The van der Waals surface area contributed by atoms with Gasteiger partial charge in [0, 0.05) is 43.6 Å². The number of rotatable bonds is 8. The van der Waals surface area contributed by atoms with Gasteiger partial charge >= 0.3 is 0 Å². The van der Waals surface area contributed by atoms with E-state index in [4.69, 9.17) is 10.1 Å². The molecule has 1 aliphatic heterocycles. The summed E-state index contributed by atoms with van der Waals surface area (Å²) in [6, 6.07) is 64.9. The number of pyridine rings is 1. The van der Waals surface area contributed by atoms with Crippen LogP contribution in [0.4, 0.5) is 5.69 Å². The molecule has 0 bridgehead atoms. The third-order valence-electron chi connectivity index (χ3n) is 10.3. The predicted octanol–water partition coefficient (Wildman–Crippen LogP) is 8.15. The molecular formula is C48H34BN6Pt-3. The van der Waals surface area contributed by atoms with E-state index in [1.165, 1.54) is 0 Å². The molecule has 0 aliphatic carbocycles. The number of aromatic nitrogens is 4. The van der Waals surface area contributed by atoms with Crippen LogP contribution in [0.2, 0.25) is 0 Å². The summed E-state index contributed by atoms with van der Waals surface area (Å²) in [6.45, 7) is 1.73. The molecule has 0 saturated carbocycles. The van der Waals surface area contributed by atoms with Crippen LogP contribution in [0.1, 0.15) is 0 Å². The summed E-state index contributed by atoms with van der Waals surface area (Å²) in [5.74, 6) is 0. The van der Waals surface area contributed by atoms with E-state index in [-0.39, 0.29) is 27.8 Å². The summed E-state index contributed by atoms with van der Waals surface area (Å²) < 4.78 is 4.34. The zero-order valence-electron chi connectivity index (χ0n) is 30.5. The summed E-state index contributed by atoms with van der Waals surface area (Å²) in [5, 5.41) is 7.77. The monoisotopic (exact) mass is 900 g/mol. The average Bonchev–Trinajstić information content (AvgIpc) is 3.96. The fraction of sp³-hybridized carbons (Fsp3) is 0.0208. The minimum absolute atomic E-state index is 0. The molecule has 0 amide bonds. The summed E-state index contributed by atoms with van der Waals surface area (Å²) in [7, 11) is 2.03. The molecule has 6 aromatic carbocycles. The Balaban J connectivity index is 0.00000410. The molecular weight excluding hydrogens is 866 g/mol. The molecule has 0 spiro atoms. The molecule has 0 fully saturated rings. The van der Waals surface area contributed by atoms with Gasteiger partial charge in [-0.25, -0.2) is 9.67 Å². The second-order valence-electron chi connectivity index (χ2n) is 13.7. The summed E-state index contributed by atoms with van der Waals surface area (Å²) in [5.41, 5.74) is 11.9. The van der Waals surface area contributed by atoms with Gasteiger partial charge in [-0.3, -0.25) is 0 Å². The van der Waals surface area contributed by atoms with E-state index in [9.17, 15) is 0 Å². The topological polar surface area (TPSA) is 42.1 Å². The largest absolute Gasteiger partial charge is 0.510 e. The minimum atomic E-state index is -0.326. The number of fused-ring (bicyclic) bond motifs is 3. The van der Waals surface area contributed by atoms with E-state index in [1.54, 1.807) is 0 Å². The van der Waals surface area contributed by atoms with E-state index in [2.05, 4.69) is 191 Å². The molecule has 4 heterocycles. The minimum Gasteiger partial charge on any atom is -0.510 e. The van der Waals surface area contributed by atoms with Crippen molar-refractivity contribution in [2.75, 3.05) is 11.9 Å². The molecule has 0 unspecified atom stereocenters. The number of para-hydroxylation sites is 2. The van der Waals surface area contributed by atoms with Crippen molar-refractivity contribution < 1.29 is 21.1 Å². The fourth-order valence-corrected chi connectivity index (χ4v) is 7.82. The normalized spacial score (nSPS) is 12.4. The zero-order chi connectivity index (χ0) is 36.7. The number of hydrogen-bond donors (Lipinski definition) is 0. The van der Waals surface area contributed by atoms with Gasteiger partial charge in [0.25, 0.3) is 0 Å². The third-order valence-corrected chi connectivity index (χ3v) is 10.3. The van der Waals surface area contributed by atoms with Gasteiger partial charge in [-0.15, -0.1) is 11.8 Å². The molecule has 272 valence electrons. The van der Waals surface area contributed by atoms with E-state index in [0.717, 1.165) is 77.9 Å². The molecule has 3 aromatic heterocycles. The first kappa shape index (κ1) is 35.3. The number of anilines is 1. The van der Waals surface area contributed by atoms with Crippen molar-refractivity contribution in [1.82, 2.24) is 24.2 Å². The molecule has 0 atom stereocenters. The molecule has 0 N–H and O–H groups in total. The first-order valence-electron chi connectivity index (χ1n) is 18.4. The number of nitrogens with zero attached hydrogens (tertiary/aromatic N) is 6. The van der Waals surface area contributed by atoms with Gasteiger partial charge in [-0.05, 0) is 60.8 Å². The molecule has 1 aliphatic rings. The molecule has 9 aromatic rings. The van der Waals surface area contributed by atoms with Crippen molar-refractivity contribution in [3.8, 4) is 33.9 Å². The van der Waals surface area contributed by atoms with Crippen molar-refractivity contribution in [3.05, 3.63) is 201 Å². The SMILES string of the molecule is CN1C=CN(c2[c-]c(B(c3[c-]c(-n4c5ccccc5c5cccnc54)ccc3)c3c(-c4ccccc4)nn(-c4ccccc4)c3-c3ccccc3)ccc2)[CH-]1.[Pt]. The molecule has 0 saturated heterocycles. The van der Waals surface area contributed by atoms with Gasteiger partial charge < -0.3 is 14.4 Å². The van der Waals surface area contributed by atoms with Crippen molar-refractivity contribution in [2.24, 2.45) is 0 Å². The maximum absolute atomic E-state index is 5.50. The summed E-state index contributed by atoms with van der Waals surface area (Å²) >= 11 is 0. The van der Waals surface area contributed by atoms with E-state index < -0.39 is 0 Å². The van der Waals surface area contributed by atoms with Crippen LogP contribution >= 0.6 is 0 Å². The van der Waals surface area contributed by atoms with Gasteiger partial charge in [0.15, 0.2) is 6.71 Å². The van der Waals surface area contributed by atoms with Crippen LogP contribution in [0.5, 0.6) is 0 Å². The van der Waals surface area contributed by atoms with Crippen LogP contribution < -0.4 is 21.3 Å². The maximum atomic E-state index is 5.50. The Labute approximate surface area is 341 Å². The predicted molar refractivity (Wildman–Crippen MR) is 225 cm³/mol. The van der Waals surface area contributed by atoms with E-state index >= 15 is 0 Å². The van der Waals surface area contributed by atoms with Gasteiger partial charge in [-0.1, -0.05) is 103 Å². The number of benzene rings is 6. The van der Waals surface area contributed by atoms with Crippen molar-refractivity contribution >= 4 is 50.7 Å². The maximum Gasteiger partial charge on any atom is 0.197 e. The Morgan fingerprint density at radius 2 is 1.21 bits per heavy atom.